The zero-order valence-corrected chi connectivity index (χ0v) is 14.4. The van der Waals surface area contributed by atoms with Crippen LogP contribution >= 0.6 is 15.9 Å². The van der Waals surface area contributed by atoms with Gasteiger partial charge in [0.15, 0.2) is 6.23 Å². The van der Waals surface area contributed by atoms with Gasteiger partial charge in [-0.3, -0.25) is 4.98 Å². The summed E-state index contributed by atoms with van der Waals surface area (Å²) in [6, 6.07) is 3.94. The molecule has 24 heavy (non-hydrogen) atoms. The van der Waals surface area contributed by atoms with Gasteiger partial charge in [0.2, 0.25) is 0 Å². The SMILES string of the molecule is C=Cc1ccc2nc(CN3C=Cc4c(Br)cncc4C3O)cn2c1. The molecule has 4 heterocycles. The van der Waals surface area contributed by atoms with Crippen molar-refractivity contribution >= 4 is 33.7 Å². The van der Waals surface area contributed by atoms with E-state index in [-0.39, 0.29) is 0 Å². The van der Waals surface area contributed by atoms with Crippen molar-refractivity contribution in [1.29, 1.82) is 0 Å². The van der Waals surface area contributed by atoms with E-state index in [0.29, 0.717) is 6.54 Å². The molecular formula is C18H15BrN4O. The molecule has 0 amide bonds. The monoisotopic (exact) mass is 382 g/mol. The Balaban J connectivity index is 1.63. The fraction of sp³-hybridized carbons (Fsp3) is 0.111. The van der Waals surface area contributed by atoms with E-state index >= 15 is 0 Å². The molecule has 1 aliphatic heterocycles. The van der Waals surface area contributed by atoms with Crippen molar-refractivity contribution in [3.8, 4) is 0 Å². The molecule has 0 fully saturated rings. The highest BCUT2D eigenvalue weighted by atomic mass is 79.9. The second-order valence-electron chi connectivity index (χ2n) is 5.65. The van der Waals surface area contributed by atoms with Crippen molar-refractivity contribution in [2.24, 2.45) is 0 Å². The Kier molecular flexibility index (Phi) is 3.70. The van der Waals surface area contributed by atoms with Crippen LogP contribution in [0.25, 0.3) is 17.8 Å². The van der Waals surface area contributed by atoms with Gasteiger partial charge >= 0.3 is 0 Å². The van der Waals surface area contributed by atoms with Gasteiger partial charge < -0.3 is 14.4 Å². The van der Waals surface area contributed by atoms with Crippen molar-refractivity contribution in [3.63, 3.8) is 0 Å². The van der Waals surface area contributed by atoms with E-state index < -0.39 is 6.23 Å². The second kappa shape index (κ2) is 5.89. The zero-order chi connectivity index (χ0) is 16.7. The van der Waals surface area contributed by atoms with Crippen molar-refractivity contribution in [2.45, 2.75) is 12.8 Å². The van der Waals surface area contributed by atoms with E-state index in [1.807, 2.05) is 46.1 Å². The number of fused-ring (bicyclic) bond motifs is 2. The molecule has 3 aromatic rings. The fourth-order valence-corrected chi connectivity index (χ4v) is 3.34. The minimum Gasteiger partial charge on any atom is -0.369 e. The van der Waals surface area contributed by atoms with Crippen molar-refractivity contribution in [3.05, 3.63) is 76.6 Å². The average Bonchev–Trinajstić information content (AvgIpc) is 2.99. The van der Waals surface area contributed by atoms with Crippen LogP contribution in [0.1, 0.15) is 28.6 Å². The van der Waals surface area contributed by atoms with Gasteiger partial charge in [0.05, 0.1) is 12.2 Å². The Hall–Kier alpha value is -2.44. The van der Waals surface area contributed by atoms with Gasteiger partial charge in [0.1, 0.15) is 5.65 Å². The summed E-state index contributed by atoms with van der Waals surface area (Å²) in [5.74, 6) is 0. The van der Waals surface area contributed by atoms with E-state index in [4.69, 9.17) is 0 Å². The summed E-state index contributed by atoms with van der Waals surface area (Å²) in [5, 5.41) is 10.6. The van der Waals surface area contributed by atoms with Gasteiger partial charge in [-0.25, -0.2) is 4.98 Å². The number of imidazole rings is 1. The van der Waals surface area contributed by atoms with E-state index in [1.54, 1.807) is 18.5 Å². The third-order valence-electron chi connectivity index (χ3n) is 4.10. The third-order valence-corrected chi connectivity index (χ3v) is 4.73. The number of halogens is 1. The second-order valence-corrected chi connectivity index (χ2v) is 6.50. The Morgan fingerprint density at radius 1 is 1.29 bits per heavy atom. The molecule has 3 aromatic heterocycles. The first-order chi connectivity index (χ1) is 11.7. The summed E-state index contributed by atoms with van der Waals surface area (Å²) in [4.78, 5) is 10.6. The summed E-state index contributed by atoms with van der Waals surface area (Å²) in [6.07, 6.45) is 12.3. The lowest BCUT2D eigenvalue weighted by molar-refractivity contribution is 0.0286. The molecular weight excluding hydrogens is 368 g/mol. The molecule has 1 atom stereocenters. The van der Waals surface area contributed by atoms with Crippen LogP contribution in [-0.2, 0) is 6.54 Å². The van der Waals surface area contributed by atoms with Gasteiger partial charge in [0, 0.05) is 46.6 Å². The maximum atomic E-state index is 10.6. The topological polar surface area (TPSA) is 53.7 Å². The Morgan fingerprint density at radius 2 is 2.17 bits per heavy atom. The smallest absolute Gasteiger partial charge is 0.155 e. The van der Waals surface area contributed by atoms with Crippen molar-refractivity contribution in [2.75, 3.05) is 0 Å². The quantitative estimate of drug-likeness (QED) is 0.751. The number of aliphatic hydroxyl groups is 1. The summed E-state index contributed by atoms with van der Waals surface area (Å²) >= 11 is 3.47. The Bertz CT molecular complexity index is 963. The molecule has 5 nitrogen and oxygen atoms in total. The third kappa shape index (κ3) is 2.53. The molecule has 0 saturated heterocycles. The largest absolute Gasteiger partial charge is 0.369 e. The molecule has 0 spiro atoms. The molecule has 0 bridgehead atoms. The lowest BCUT2D eigenvalue weighted by Gasteiger charge is -2.30. The van der Waals surface area contributed by atoms with Crippen LogP contribution in [0.4, 0.5) is 0 Å². The summed E-state index contributed by atoms with van der Waals surface area (Å²) in [7, 11) is 0. The lowest BCUT2D eigenvalue weighted by Crippen LogP contribution is -2.26. The zero-order valence-electron chi connectivity index (χ0n) is 12.8. The minimum absolute atomic E-state index is 0.509. The number of aromatic nitrogens is 3. The molecule has 6 heteroatoms. The highest BCUT2D eigenvalue weighted by Crippen LogP contribution is 2.32. The molecule has 4 rings (SSSR count). The van der Waals surface area contributed by atoms with Crippen LogP contribution in [0.2, 0.25) is 0 Å². The number of hydrogen-bond acceptors (Lipinski definition) is 4. The molecule has 0 saturated carbocycles. The summed E-state index contributed by atoms with van der Waals surface area (Å²) in [6.45, 7) is 4.29. The highest BCUT2D eigenvalue weighted by Gasteiger charge is 2.23. The molecule has 1 unspecified atom stereocenters. The van der Waals surface area contributed by atoms with Crippen molar-refractivity contribution in [1.82, 2.24) is 19.3 Å². The number of hydrogen-bond donors (Lipinski definition) is 1. The van der Waals surface area contributed by atoms with Gasteiger partial charge in [-0.1, -0.05) is 12.7 Å². The van der Waals surface area contributed by atoms with Crippen molar-refractivity contribution < 1.29 is 5.11 Å². The number of nitrogens with zero attached hydrogens (tertiary/aromatic N) is 4. The maximum absolute atomic E-state index is 10.6. The Morgan fingerprint density at radius 3 is 3.00 bits per heavy atom. The molecule has 0 aromatic carbocycles. The Labute approximate surface area is 147 Å². The number of aliphatic hydroxyl groups excluding tert-OH is 1. The summed E-state index contributed by atoms with van der Waals surface area (Å²) in [5.41, 5.74) is 4.53. The standard InChI is InChI=1S/C18H15BrN4O/c1-2-12-3-4-17-21-13(11-23(17)9-12)10-22-6-5-14-15(18(22)24)7-20-8-16(14)19/h2-9,11,18,24H,1,10H2. The van der Waals surface area contributed by atoms with Crippen LogP contribution < -0.4 is 0 Å². The van der Waals surface area contributed by atoms with E-state index in [1.165, 1.54) is 0 Å². The van der Waals surface area contributed by atoms with Gasteiger partial charge in [-0.15, -0.1) is 0 Å². The average molecular weight is 383 g/mol. The first-order valence-electron chi connectivity index (χ1n) is 7.51. The molecule has 1 N–H and O–H groups in total. The van der Waals surface area contributed by atoms with Crippen LogP contribution in [0.15, 0.2) is 54.2 Å². The lowest BCUT2D eigenvalue weighted by atomic mass is 10.1. The number of rotatable bonds is 3. The van der Waals surface area contributed by atoms with Gasteiger partial charge in [0.25, 0.3) is 0 Å². The van der Waals surface area contributed by atoms with Crippen LogP contribution in [0.3, 0.4) is 0 Å². The minimum atomic E-state index is -0.747. The summed E-state index contributed by atoms with van der Waals surface area (Å²) < 4.78 is 2.85. The number of pyridine rings is 2. The molecule has 0 radical (unpaired) electrons. The van der Waals surface area contributed by atoms with E-state index in [9.17, 15) is 5.11 Å². The van der Waals surface area contributed by atoms with Gasteiger partial charge in [-0.05, 0) is 39.7 Å². The highest BCUT2D eigenvalue weighted by molar-refractivity contribution is 9.10. The van der Waals surface area contributed by atoms with Crippen LogP contribution in [-0.4, -0.2) is 24.4 Å². The van der Waals surface area contributed by atoms with E-state index in [0.717, 1.165) is 32.5 Å². The van der Waals surface area contributed by atoms with Crippen LogP contribution in [0.5, 0.6) is 0 Å². The predicted octanol–water partition coefficient (Wildman–Crippen LogP) is 3.61. The molecule has 120 valence electrons. The first kappa shape index (κ1) is 15.1. The van der Waals surface area contributed by atoms with E-state index in [2.05, 4.69) is 32.5 Å². The fourth-order valence-electron chi connectivity index (χ4n) is 2.86. The maximum Gasteiger partial charge on any atom is 0.155 e. The molecule has 0 aliphatic carbocycles. The first-order valence-corrected chi connectivity index (χ1v) is 8.30. The normalized spacial score (nSPS) is 16.4. The van der Waals surface area contributed by atoms with Gasteiger partial charge in [-0.2, -0.15) is 0 Å². The predicted molar refractivity (Wildman–Crippen MR) is 96.8 cm³/mol. The van der Waals surface area contributed by atoms with Crippen LogP contribution in [0, 0.1) is 0 Å². The molecule has 1 aliphatic rings.